The Hall–Kier alpha value is -3.30. The minimum absolute atomic E-state index is 0.0165. The van der Waals surface area contributed by atoms with Crippen LogP contribution in [-0.4, -0.2) is 30.6 Å². The lowest BCUT2D eigenvalue weighted by Crippen LogP contribution is -2.41. The van der Waals surface area contributed by atoms with Crippen LogP contribution in [0, 0.1) is 11.3 Å². The van der Waals surface area contributed by atoms with E-state index in [9.17, 15) is 4.79 Å². The van der Waals surface area contributed by atoms with Crippen LogP contribution >= 0.6 is 11.3 Å². The molecule has 1 heterocycles. The summed E-state index contributed by atoms with van der Waals surface area (Å²) in [5.41, 5.74) is 1.58. The number of benzene rings is 2. The van der Waals surface area contributed by atoms with Crippen LogP contribution in [0.15, 0.2) is 66.0 Å². The third kappa shape index (κ3) is 5.85. The van der Waals surface area contributed by atoms with Crippen molar-refractivity contribution in [2.75, 3.05) is 13.7 Å². The van der Waals surface area contributed by atoms with Gasteiger partial charge in [0.15, 0.2) is 6.61 Å². The molecule has 3 rings (SSSR count). The molecule has 0 saturated heterocycles. The van der Waals surface area contributed by atoms with E-state index >= 15 is 0 Å². The molecule has 0 aliphatic rings. The predicted molar refractivity (Wildman–Crippen MR) is 118 cm³/mol. The molecule has 6 heteroatoms. The number of methoxy groups -OCH3 is 1. The molecule has 0 fully saturated rings. The molecule has 3 aromatic rings. The SMILES string of the molecule is COc1ccc(CN(C(=O)COc2ccc(C#N)cc2)[C@H](C)Cc2cccs2)cc1. The van der Waals surface area contributed by atoms with Crippen molar-refractivity contribution in [3.05, 3.63) is 82.0 Å². The molecule has 2 aromatic carbocycles. The standard InChI is InChI=1S/C24H24N2O3S/c1-18(14-23-4-3-13-30-23)26(16-20-7-9-21(28-2)10-8-20)24(27)17-29-22-11-5-19(15-25)6-12-22/h3-13,18H,14,16-17H2,1-2H3/t18-/m1/s1. The van der Waals surface area contributed by atoms with E-state index in [1.54, 1.807) is 42.7 Å². The zero-order valence-electron chi connectivity index (χ0n) is 17.1. The summed E-state index contributed by atoms with van der Waals surface area (Å²) in [6.07, 6.45) is 0.788. The Morgan fingerprint density at radius 3 is 2.40 bits per heavy atom. The number of carbonyl (C=O) groups is 1. The molecule has 1 amide bonds. The molecular formula is C24H24N2O3S. The first-order valence-electron chi connectivity index (χ1n) is 9.67. The Bertz CT molecular complexity index is 977. The smallest absolute Gasteiger partial charge is 0.261 e. The van der Waals surface area contributed by atoms with Gasteiger partial charge in [0.05, 0.1) is 18.7 Å². The van der Waals surface area contributed by atoms with Crippen LogP contribution < -0.4 is 9.47 Å². The number of carbonyl (C=O) groups excluding carboxylic acids is 1. The summed E-state index contributed by atoms with van der Waals surface area (Å²) in [7, 11) is 1.63. The van der Waals surface area contributed by atoms with Gasteiger partial charge < -0.3 is 14.4 Å². The van der Waals surface area contributed by atoms with Crippen LogP contribution in [0.2, 0.25) is 0 Å². The van der Waals surface area contributed by atoms with E-state index < -0.39 is 0 Å². The quantitative estimate of drug-likeness (QED) is 0.505. The third-order valence-corrected chi connectivity index (χ3v) is 5.69. The van der Waals surface area contributed by atoms with Gasteiger partial charge in [-0.1, -0.05) is 18.2 Å². The fourth-order valence-electron chi connectivity index (χ4n) is 3.10. The fourth-order valence-corrected chi connectivity index (χ4v) is 3.93. The molecule has 0 N–H and O–H groups in total. The van der Waals surface area contributed by atoms with Crippen LogP contribution in [0.5, 0.6) is 11.5 Å². The maximum absolute atomic E-state index is 13.1. The number of hydrogen-bond donors (Lipinski definition) is 0. The molecule has 1 atom stereocenters. The van der Waals surface area contributed by atoms with Gasteiger partial charge in [0.25, 0.3) is 5.91 Å². The Morgan fingerprint density at radius 1 is 1.10 bits per heavy atom. The van der Waals surface area contributed by atoms with Crippen molar-refractivity contribution < 1.29 is 14.3 Å². The normalized spacial score (nSPS) is 11.4. The number of ether oxygens (including phenoxy) is 2. The van der Waals surface area contributed by atoms with Crippen molar-refractivity contribution in [3.8, 4) is 17.6 Å². The molecule has 1 aromatic heterocycles. The second-order valence-electron chi connectivity index (χ2n) is 6.93. The van der Waals surface area contributed by atoms with E-state index in [4.69, 9.17) is 14.7 Å². The Labute approximate surface area is 181 Å². The van der Waals surface area contributed by atoms with Crippen LogP contribution in [0.4, 0.5) is 0 Å². The summed E-state index contributed by atoms with van der Waals surface area (Å²) in [5.74, 6) is 1.27. The molecule has 0 unspecified atom stereocenters. The van der Waals surface area contributed by atoms with E-state index in [1.165, 1.54) is 4.88 Å². The molecule has 0 saturated carbocycles. The van der Waals surface area contributed by atoms with Gasteiger partial charge in [0.1, 0.15) is 11.5 Å². The lowest BCUT2D eigenvalue weighted by atomic mass is 10.1. The first kappa shape index (κ1) is 21.4. The van der Waals surface area contributed by atoms with Crippen LogP contribution in [0.3, 0.4) is 0 Å². The van der Waals surface area contributed by atoms with Gasteiger partial charge in [-0.05, 0) is 60.3 Å². The molecule has 154 valence electrons. The highest BCUT2D eigenvalue weighted by Gasteiger charge is 2.22. The monoisotopic (exact) mass is 420 g/mol. The first-order valence-corrected chi connectivity index (χ1v) is 10.5. The van der Waals surface area contributed by atoms with E-state index in [0.29, 0.717) is 17.9 Å². The number of nitriles is 1. The maximum atomic E-state index is 13.1. The van der Waals surface area contributed by atoms with Crippen LogP contribution in [0.1, 0.15) is 22.9 Å². The van der Waals surface area contributed by atoms with Crippen molar-refractivity contribution in [1.29, 1.82) is 5.26 Å². The van der Waals surface area contributed by atoms with Gasteiger partial charge in [-0.15, -0.1) is 11.3 Å². The van der Waals surface area contributed by atoms with E-state index in [-0.39, 0.29) is 18.6 Å². The molecule has 0 aliphatic heterocycles. The van der Waals surface area contributed by atoms with Crippen molar-refractivity contribution in [3.63, 3.8) is 0 Å². The second kappa shape index (κ2) is 10.5. The van der Waals surface area contributed by atoms with Gasteiger partial charge >= 0.3 is 0 Å². The summed E-state index contributed by atoms with van der Waals surface area (Å²) >= 11 is 1.69. The third-order valence-electron chi connectivity index (χ3n) is 4.79. The summed E-state index contributed by atoms with van der Waals surface area (Å²) < 4.78 is 10.9. The lowest BCUT2D eigenvalue weighted by Gasteiger charge is -2.29. The molecule has 0 radical (unpaired) electrons. The number of rotatable bonds is 9. The van der Waals surface area contributed by atoms with Crippen LogP contribution in [-0.2, 0) is 17.8 Å². The predicted octanol–water partition coefficient (Wildman–Crippen LogP) is 4.67. The molecule has 5 nitrogen and oxygen atoms in total. The summed E-state index contributed by atoms with van der Waals surface area (Å²) in [5, 5.41) is 10.9. The number of amides is 1. The fraction of sp³-hybridized carbons (Fsp3) is 0.250. The van der Waals surface area contributed by atoms with Gasteiger partial charge in [-0.2, -0.15) is 5.26 Å². The van der Waals surface area contributed by atoms with Gasteiger partial charge in [0.2, 0.25) is 0 Å². The highest BCUT2D eigenvalue weighted by atomic mass is 32.1. The molecule has 0 bridgehead atoms. The molecule has 0 spiro atoms. The Balaban J connectivity index is 1.70. The van der Waals surface area contributed by atoms with Crippen LogP contribution in [0.25, 0.3) is 0 Å². The average Bonchev–Trinajstić information content (AvgIpc) is 3.29. The number of thiophene rings is 1. The number of hydrogen-bond acceptors (Lipinski definition) is 5. The highest BCUT2D eigenvalue weighted by molar-refractivity contribution is 7.09. The minimum Gasteiger partial charge on any atom is -0.497 e. The summed E-state index contributed by atoms with van der Waals surface area (Å²) in [6, 6.07) is 20.7. The molecular weight excluding hydrogens is 396 g/mol. The Kier molecular flexibility index (Phi) is 7.47. The van der Waals surface area contributed by atoms with E-state index in [1.807, 2.05) is 40.6 Å². The maximum Gasteiger partial charge on any atom is 0.261 e. The van der Waals surface area contributed by atoms with Crippen molar-refractivity contribution >= 4 is 17.2 Å². The first-order chi connectivity index (χ1) is 14.6. The zero-order valence-corrected chi connectivity index (χ0v) is 17.9. The number of nitrogens with zero attached hydrogens (tertiary/aromatic N) is 2. The molecule has 0 aliphatic carbocycles. The zero-order chi connectivity index (χ0) is 21.3. The Morgan fingerprint density at radius 2 is 1.80 bits per heavy atom. The van der Waals surface area contributed by atoms with Gasteiger partial charge in [-0.25, -0.2) is 0 Å². The van der Waals surface area contributed by atoms with Crippen molar-refractivity contribution in [1.82, 2.24) is 4.90 Å². The summed E-state index contributed by atoms with van der Waals surface area (Å²) in [6.45, 7) is 2.49. The second-order valence-corrected chi connectivity index (χ2v) is 7.96. The summed E-state index contributed by atoms with van der Waals surface area (Å²) in [4.78, 5) is 16.2. The van der Waals surface area contributed by atoms with Crippen molar-refractivity contribution in [2.45, 2.75) is 25.9 Å². The minimum atomic E-state index is -0.0840. The largest absolute Gasteiger partial charge is 0.497 e. The van der Waals surface area contributed by atoms with E-state index in [0.717, 1.165) is 17.7 Å². The lowest BCUT2D eigenvalue weighted by molar-refractivity contribution is -0.136. The van der Waals surface area contributed by atoms with Gasteiger partial charge in [-0.3, -0.25) is 4.79 Å². The van der Waals surface area contributed by atoms with Gasteiger partial charge in [0, 0.05) is 23.9 Å². The average molecular weight is 421 g/mol. The highest BCUT2D eigenvalue weighted by Crippen LogP contribution is 2.19. The van der Waals surface area contributed by atoms with E-state index in [2.05, 4.69) is 19.1 Å². The topological polar surface area (TPSA) is 62.6 Å². The van der Waals surface area contributed by atoms with Crippen molar-refractivity contribution in [2.24, 2.45) is 0 Å². The molecule has 30 heavy (non-hydrogen) atoms.